The van der Waals surface area contributed by atoms with Gasteiger partial charge in [-0.2, -0.15) is 0 Å². The van der Waals surface area contributed by atoms with Crippen molar-refractivity contribution in [1.82, 2.24) is 4.90 Å². The van der Waals surface area contributed by atoms with E-state index < -0.39 is 0 Å². The third-order valence-corrected chi connectivity index (χ3v) is 5.79. The minimum absolute atomic E-state index is 0.0190. The summed E-state index contributed by atoms with van der Waals surface area (Å²) in [7, 11) is 0. The number of aryl methyl sites for hydroxylation is 1. The van der Waals surface area contributed by atoms with Gasteiger partial charge in [-0.1, -0.05) is 70.0 Å². The van der Waals surface area contributed by atoms with Gasteiger partial charge < -0.3 is 10.2 Å². The largest absolute Gasteiger partial charge is 0.339 e. The van der Waals surface area contributed by atoms with Crippen molar-refractivity contribution in [3.8, 4) is 0 Å². The highest BCUT2D eigenvalue weighted by Gasteiger charge is 2.20. The van der Waals surface area contributed by atoms with Crippen molar-refractivity contribution in [2.45, 2.75) is 64.7 Å². The van der Waals surface area contributed by atoms with Crippen LogP contribution in [0.25, 0.3) is 0 Å². The quantitative estimate of drug-likeness (QED) is 0.705. The first-order valence-corrected chi connectivity index (χ1v) is 11.1. The molecule has 1 saturated heterocycles. The van der Waals surface area contributed by atoms with E-state index in [4.69, 9.17) is 0 Å². The lowest BCUT2D eigenvalue weighted by Crippen LogP contribution is -2.32. The molecule has 3 rings (SSSR count). The fourth-order valence-electron chi connectivity index (χ4n) is 3.86. The van der Waals surface area contributed by atoms with Crippen LogP contribution in [0, 0.1) is 0 Å². The van der Waals surface area contributed by atoms with Crippen LogP contribution in [0.5, 0.6) is 0 Å². The Bertz CT molecular complexity index is 857. The monoisotopic (exact) mass is 406 g/mol. The van der Waals surface area contributed by atoms with Crippen LogP contribution in [0.15, 0.2) is 48.5 Å². The maximum atomic E-state index is 13.0. The second-order valence-electron chi connectivity index (χ2n) is 9.25. The zero-order valence-corrected chi connectivity index (χ0v) is 18.5. The Hall–Kier alpha value is -2.62. The van der Waals surface area contributed by atoms with Crippen molar-refractivity contribution in [2.75, 3.05) is 18.4 Å². The van der Waals surface area contributed by atoms with Gasteiger partial charge in [0, 0.05) is 19.5 Å². The summed E-state index contributed by atoms with van der Waals surface area (Å²) in [4.78, 5) is 27.5. The molecule has 0 saturated carbocycles. The summed E-state index contributed by atoms with van der Waals surface area (Å²) < 4.78 is 0. The Morgan fingerprint density at radius 2 is 1.53 bits per heavy atom. The van der Waals surface area contributed by atoms with Gasteiger partial charge in [0.25, 0.3) is 5.91 Å². The number of likely N-dealkylation sites (tertiary alicyclic amines) is 1. The van der Waals surface area contributed by atoms with Gasteiger partial charge in [0.1, 0.15) is 0 Å². The first-order chi connectivity index (χ1) is 14.3. The summed E-state index contributed by atoms with van der Waals surface area (Å²) >= 11 is 0. The number of nitrogens with zero attached hydrogens (tertiary/aromatic N) is 1. The van der Waals surface area contributed by atoms with Crippen LogP contribution in [0.2, 0.25) is 0 Å². The smallest absolute Gasteiger partial charge is 0.255 e. The average Bonchev–Trinajstić information content (AvgIpc) is 3.01. The summed E-state index contributed by atoms with van der Waals surface area (Å²) in [5.41, 5.74) is 3.75. The highest BCUT2D eigenvalue weighted by atomic mass is 16.2. The van der Waals surface area contributed by atoms with Crippen molar-refractivity contribution < 1.29 is 9.59 Å². The van der Waals surface area contributed by atoms with Crippen LogP contribution >= 0.6 is 0 Å². The number of anilines is 1. The molecule has 160 valence electrons. The van der Waals surface area contributed by atoms with Crippen LogP contribution in [0.3, 0.4) is 0 Å². The molecular formula is C26H34N2O2. The normalized spacial score (nSPS) is 14.8. The van der Waals surface area contributed by atoms with E-state index in [0.717, 1.165) is 31.5 Å². The number of amides is 2. The second kappa shape index (κ2) is 9.92. The minimum atomic E-state index is -0.0639. The van der Waals surface area contributed by atoms with E-state index in [9.17, 15) is 9.59 Å². The van der Waals surface area contributed by atoms with Crippen LogP contribution in [0.4, 0.5) is 5.69 Å². The molecule has 4 heteroatoms. The highest BCUT2D eigenvalue weighted by Crippen LogP contribution is 2.23. The standard InChI is InChI=1S/C26H34N2O2/c1-26(2,3)21-15-12-20(13-16-21)14-17-24(29)27-23-11-7-6-10-22(23)25(30)28-18-8-4-5-9-19-28/h6-7,10-13,15-16H,4-5,8-9,14,17-19H2,1-3H3,(H,27,29). The van der Waals surface area contributed by atoms with Gasteiger partial charge in [-0.15, -0.1) is 0 Å². The van der Waals surface area contributed by atoms with E-state index in [-0.39, 0.29) is 17.2 Å². The Labute approximate surface area is 180 Å². The minimum Gasteiger partial charge on any atom is -0.339 e. The molecule has 0 spiro atoms. The van der Waals surface area contributed by atoms with Gasteiger partial charge in [0.2, 0.25) is 5.91 Å². The number of carbonyl (C=O) groups is 2. The highest BCUT2D eigenvalue weighted by molar-refractivity contribution is 6.03. The molecule has 1 aliphatic heterocycles. The molecule has 1 heterocycles. The first-order valence-electron chi connectivity index (χ1n) is 11.1. The fourth-order valence-corrected chi connectivity index (χ4v) is 3.86. The lowest BCUT2D eigenvalue weighted by atomic mass is 9.86. The van der Waals surface area contributed by atoms with Crippen LogP contribution in [-0.2, 0) is 16.6 Å². The lowest BCUT2D eigenvalue weighted by Gasteiger charge is -2.22. The Balaban J connectivity index is 1.61. The van der Waals surface area contributed by atoms with Crippen molar-refractivity contribution in [3.05, 3.63) is 65.2 Å². The Morgan fingerprint density at radius 1 is 0.900 bits per heavy atom. The fraction of sp³-hybridized carbons (Fsp3) is 0.462. The maximum absolute atomic E-state index is 13.0. The van der Waals surface area contributed by atoms with Crippen molar-refractivity contribution >= 4 is 17.5 Å². The van der Waals surface area contributed by atoms with Crippen LogP contribution in [-0.4, -0.2) is 29.8 Å². The first kappa shape index (κ1) is 22.1. The van der Waals surface area contributed by atoms with Crippen molar-refractivity contribution in [3.63, 3.8) is 0 Å². The molecule has 2 aromatic carbocycles. The van der Waals surface area contributed by atoms with Crippen LogP contribution < -0.4 is 5.32 Å². The number of benzene rings is 2. The molecular weight excluding hydrogens is 372 g/mol. The molecule has 2 amide bonds. The van der Waals surface area contributed by atoms with Gasteiger partial charge in [-0.05, 0) is 47.9 Å². The Morgan fingerprint density at radius 3 is 2.17 bits per heavy atom. The summed E-state index contributed by atoms with van der Waals surface area (Å²) in [6.45, 7) is 8.18. The zero-order chi connectivity index (χ0) is 21.6. The van der Waals surface area contributed by atoms with Crippen molar-refractivity contribution in [1.29, 1.82) is 0 Å². The van der Waals surface area contributed by atoms with Gasteiger partial charge in [-0.25, -0.2) is 0 Å². The molecule has 0 unspecified atom stereocenters. The van der Waals surface area contributed by atoms with Crippen LogP contribution in [0.1, 0.15) is 74.4 Å². The summed E-state index contributed by atoms with van der Waals surface area (Å²) in [5, 5.41) is 2.97. The predicted molar refractivity (Wildman–Crippen MR) is 123 cm³/mol. The zero-order valence-electron chi connectivity index (χ0n) is 18.5. The van der Waals surface area contributed by atoms with Gasteiger partial charge in [-0.3, -0.25) is 9.59 Å². The summed E-state index contributed by atoms with van der Waals surface area (Å²) in [6, 6.07) is 15.8. The molecule has 0 radical (unpaired) electrons. The Kier molecular flexibility index (Phi) is 7.30. The predicted octanol–water partition coefficient (Wildman–Crippen LogP) is 5.57. The average molecular weight is 407 g/mol. The lowest BCUT2D eigenvalue weighted by molar-refractivity contribution is -0.116. The van der Waals surface area contributed by atoms with E-state index >= 15 is 0 Å². The van der Waals surface area contributed by atoms with E-state index in [2.05, 4.69) is 50.4 Å². The number of para-hydroxylation sites is 1. The van der Waals surface area contributed by atoms with Gasteiger partial charge in [0.05, 0.1) is 11.3 Å². The molecule has 1 fully saturated rings. The number of hydrogen-bond acceptors (Lipinski definition) is 2. The molecule has 1 aliphatic rings. The number of carbonyl (C=O) groups excluding carboxylic acids is 2. The maximum Gasteiger partial charge on any atom is 0.255 e. The molecule has 30 heavy (non-hydrogen) atoms. The van der Waals surface area contributed by atoms with E-state index in [1.54, 1.807) is 0 Å². The summed E-state index contributed by atoms with van der Waals surface area (Å²) in [5.74, 6) is -0.0448. The molecule has 2 aromatic rings. The third kappa shape index (κ3) is 5.94. The van der Waals surface area contributed by atoms with Gasteiger partial charge >= 0.3 is 0 Å². The molecule has 0 bridgehead atoms. The third-order valence-electron chi connectivity index (χ3n) is 5.79. The van der Waals surface area contributed by atoms with E-state index in [0.29, 0.717) is 24.1 Å². The summed E-state index contributed by atoms with van der Waals surface area (Å²) in [6.07, 6.45) is 5.53. The van der Waals surface area contributed by atoms with E-state index in [1.807, 2.05) is 29.2 Å². The number of hydrogen-bond donors (Lipinski definition) is 1. The molecule has 1 N–H and O–H groups in total. The van der Waals surface area contributed by atoms with E-state index in [1.165, 1.54) is 18.4 Å². The topological polar surface area (TPSA) is 49.4 Å². The molecule has 4 nitrogen and oxygen atoms in total. The molecule has 0 aromatic heterocycles. The van der Waals surface area contributed by atoms with Crippen molar-refractivity contribution in [2.24, 2.45) is 0 Å². The molecule has 0 atom stereocenters. The van der Waals surface area contributed by atoms with Gasteiger partial charge in [0.15, 0.2) is 0 Å². The number of rotatable bonds is 5. The molecule has 0 aliphatic carbocycles. The number of nitrogens with one attached hydrogen (secondary N) is 1. The SMILES string of the molecule is CC(C)(C)c1ccc(CCC(=O)Nc2ccccc2C(=O)N2CCCCCC2)cc1. The second-order valence-corrected chi connectivity index (χ2v) is 9.25.